The lowest BCUT2D eigenvalue weighted by Crippen LogP contribution is -3.06. The van der Waals surface area contributed by atoms with E-state index in [0.717, 1.165) is 28.7 Å². The smallest absolute Gasteiger partial charge is 0.192 e. The van der Waals surface area contributed by atoms with E-state index >= 15 is 0 Å². The van der Waals surface area contributed by atoms with E-state index in [4.69, 9.17) is 0 Å². The summed E-state index contributed by atoms with van der Waals surface area (Å²) in [7, 11) is 4.24. The van der Waals surface area contributed by atoms with Crippen molar-refractivity contribution in [2.75, 3.05) is 19.8 Å². The molecule has 1 aromatic carbocycles. The number of nitrogens with one attached hydrogen (secondary N) is 2. The Morgan fingerprint density at radius 2 is 1.84 bits per heavy atom. The van der Waals surface area contributed by atoms with Crippen LogP contribution in [-0.2, 0) is 6.54 Å². The van der Waals surface area contributed by atoms with Crippen LogP contribution in [0.2, 0.25) is 0 Å². The third kappa shape index (κ3) is 5.02. The first-order valence-electron chi connectivity index (χ1n) is 10.9. The van der Waals surface area contributed by atoms with Gasteiger partial charge in [-0.1, -0.05) is 49.0 Å². The van der Waals surface area contributed by atoms with Crippen LogP contribution in [0, 0.1) is 13.8 Å². The summed E-state index contributed by atoms with van der Waals surface area (Å²) in [5.41, 5.74) is 3.71. The molecule has 0 bridgehead atoms. The van der Waals surface area contributed by atoms with Crippen LogP contribution in [0.5, 0.6) is 0 Å². The summed E-state index contributed by atoms with van der Waals surface area (Å²) in [5.74, 6) is 1.06. The Hall–Kier alpha value is -2.71. The quantitative estimate of drug-likeness (QED) is 0.363. The summed E-state index contributed by atoms with van der Waals surface area (Å²) in [6.45, 7) is 7.97. The number of rotatable bonds is 10. The standard InChI is InChI=1S/C24H31N5O2S/c1-7-19(28(5)6)23-26-27-24(29(23)13-18-11-9-8-10-12-18)32-14-20(31)22-15(2)21(17(4)30)16(3)25-22/h8-12,19,25H,7,13-14H2,1-6H3/p+1/t19-/m1/s1. The average Bonchev–Trinajstić information content (AvgIpc) is 3.27. The van der Waals surface area contributed by atoms with Gasteiger partial charge >= 0.3 is 0 Å². The van der Waals surface area contributed by atoms with Gasteiger partial charge in [0.15, 0.2) is 22.5 Å². The molecule has 0 unspecified atom stereocenters. The summed E-state index contributed by atoms with van der Waals surface area (Å²) >= 11 is 1.39. The van der Waals surface area contributed by atoms with Gasteiger partial charge in [-0.3, -0.25) is 14.2 Å². The van der Waals surface area contributed by atoms with Crippen LogP contribution in [0.3, 0.4) is 0 Å². The maximum Gasteiger partial charge on any atom is 0.192 e. The minimum Gasteiger partial charge on any atom is -0.355 e. The Kier molecular flexibility index (Phi) is 7.69. The number of hydrogen-bond donors (Lipinski definition) is 2. The highest BCUT2D eigenvalue weighted by atomic mass is 32.2. The van der Waals surface area contributed by atoms with Crippen LogP contribution < -0.4 is 4.90 Å². The van der Waals surface area contributed by atoms with Crippen LogP contribution in [0.15, 0.2) is 35.5 Å². The fourth-order valence-corrected chi connectivity index (χ4v) is 5.00. The molecule has 0 radical (unpaired) electrons. The first kappa shape index (κ1) is 23.9. The molecule has 0 aliphatic heterocycles. The van der Waals surface area contributed by atoms with Crippen molar-refractivity contribution >= 4 is 23.3 Å². The first-order valence-corrected chi connectivity index (χ1v) is 11.9. The molecule has 3 rings (SSSR count). The van der Waals surface area contributed by atoms with Gasteiger partial charge in [0.05, 0.1) is 32.1 Å². The van der Waals surface area contributed by atoms with Gasteiger partial charge in [0.2, 0.25) is 0 Å². The molecule has 0 spiro atoms. The molecule has 2 heterocycles. The Morgan fingerprint density at radius 3 is 2.41 bits per heavy atom. The molecule has 0 saturated carbocycles. The number of carbonyl (C=O) groups excluding carboxylic acids is 2. The lowest BCUT2D eigenvalue weighted by Gasteiger charge is -2.20. The molecule has 0 saturated heterocycles. The zero-order valence-corrected chi connectivity index (χ0v) is 20.5. The van der Waals surface area contributed by atoms with E-state index in [0.29, 0.717) is 23.4 Å². The molecular weight excluding hydrogens is 422 g/mol. The first-order chi connectivity index (χ1) is 15.2. The van der Waals surface area contributed by atoms with Gasteiger partial charge in [-0.05, 0) is 31.9 Å². The molecular formula is C24H32N5O2S+. The predicted octanol–water partition coefficient (Wildman–Crippen LogP) is 3.04. The normalized spacial score (nSPS) is 12.3. The van der Waals surface area contributed by atoms with Gasteiger partial charge in [-0.25, -0.2) is 0 Å². The number of aromatic nitrogens is 4. The second-order valence-corrected chi connectivity index (χ2v) is 9.29. The van der Waals surface area contributed by atoms with Crippen LogP contribution >= 0.6 is 11.8 Å². The highest BCUT2D eigenvalue weighted by Gasteiger charge is 2.26. The largest absolute Gasteiger partial charge is 0.355 e. The number of H-pyrrole nitrogens is 1. The van der Waals surface area contributed by atoms with Crippen molar-refractivity contribution in [3.63, 3.8) is 0 Å². The fourth-order valence-electron chi connectivity index (χ4n) is 4.19. The van der Waals surface area contributed by atoms with Crippen LogP contribution in [0.1, 0.15) is 69.8 Å². The third-order valence-electron chi connectivity index (χ3n) is 5.75. The topological polar surface area (TPSA) is 85.1 Å². The summed E-state index contributed by atoms with van der Waals surface area (Å²) in [6.07, 6.45) is 0.938. The fraction of sp³-hybridized carbons (Fsp3) is 0.417. The number of nitrogens with zero attached hydrogens (tertiary/aromatic N) is 3. The number of ketones is 2. The van der Waals surface area contributed by atoms with E-state index in [9.17, 15) is 9.59 Å². The summed E-state index contributed by atoms with van der Waals surface area (Å²) in [6, 6.07) is 10.4. The minimum atomic E-state index is -0.0517. The van der Waals surface area contributed by atoms with Crippen molar-refractivity contribution < 1.29 is 14.5 Å². The van der Waals surface area contributed by atoms with Crippen molar-refractivity contribution in [3.05, 3.63) is 64.2 Å². The van der Waals surface area contributed by atoms with Crippen molar-refractivity contribution in [2.45, 2.75) is 51.9 Å². The second kappa shape index (κ2) is 10.3. The number of thioether (sulfide) groups is 1. The minimum absolute atomic E-state index is 0.0352. The van der Waals surface area contributed by atoms with Crippen molar-refractivity contribution in [3.8, 4) is 0 Å². The molecule has 2 aromatic heterocycles. The van der Waals surface area contributed by atoms with Crippen molar-refractivity contribution in [1.82, 2.24) is 19.7 Å². The second-order valence-electron chi connectivity index (χ2n) is 8.34. The summed E-state index contributed by atoms with van der Waals surface area (Å²) in [5, 5.41) is 9.70. The maximum absolute atomic E-state index is 13.0. The molecule has 1 atom stereocenters. The highest BCUT2D eigenvalue weighted by Crippen LogP contribution is 2.25. The number of aromatic amines is 1. The molecule has 0 aliphatic carbocycles. The van der Waals surface area contributed by atoms with Crippen LogP contribution in [0.25, 0.3) is 0 Å². The van der Waals surface area contributed by atoms with Gasteiger partial charge in [0, 0.05) is 17.7 Å². The molecule has 0 aliphatic rings. The van der Waals surface area contributed by atoms with E-state index in [1.54, 1.807) is 0 Å². The van der Waals surface area contributed by atoms with E-state index in [-0.39, 0.29) is 23.4 Å². The molecule has 32 heavy (non-hydrogen) atoms. The Balaban J connectivity index is 1.88. The van der Waals surface area contributed by atoms with E-state index < -0.39 is 0 Å². The van der Waals surface area contributed by atoms with Crippen LogP contribution in [-0.4, -0.2) is 51.2 Å². The van der Waals surface area contributed by atoms with Gasteiger partial charge in [0.25, 0.3) is 0 Å². The van der Waals surface area contributed by atoms with E-state index in [1.807, 2.05) is 32.0 Å². The van der Waals surface area contributed by atoms with Gasteiger partial charge in [-0.15, -0.1) is 10.2 Å². The number of benzene rings is 1. The number of quaternary nitrogens is 1. The summed E-state index contributed by atoms with van der Waals surface area (Å²) < 4.78 is 2.13. The number of hydrogen-bond acceptors (Lipinski definition) is 5. The lowest BCUT2D eigenvalue weighted by molar-refractivity contribution is -0.893. The highest BCUT2D eigenvalue weighted by molar-refractivity contribution is 7.99. The maximum atomic E-state index is 13.0. The Bertz CT molecular complexity index is 1100. The van der Waals surface area contributed by atoms with E-state index in [2.05, 4.69) is 52.9 Å². The van der Waals surface area contributed by atoms with Gasteiger partial charge in [-0.2, -0.15) is 0 Å². The molecule has 170 valence electrons. The number of carbonyl (C=O) groups is 2. The van der Waals surface area contributed by atoms with Gasteiger partial charge in [0.1, 0.15) is 6.04 Å². The number of aryl methyl sites for hydroxylation is 1. The van der Waals surface area contributed by atoms with E-state index in [1.165, 1.54) is 23.6 Å². The van der Waals surface area contributed by atoms with Gasteiger partial charge < -0.3 is 9.88 Å². The Morgan fingerprint density at radius 1 is 1.16 bits per heavy atom. The molecule has 8 heteroatoms. The average molecular weight is 455 g/mol. The SMILES string of the molecule is CC[C@H](c1nnc(SCC(=O)c2[nH]c(C)c(C(C)=O)c2C)n1Cc1ccccc1)[NH+](C)C. The predicted molar refractivity (Wildman–Crippen MR) is 127 cm³/mol. The molecule has 7 nitrogen and oxygen atoms in total. The lowest BCUT2D eigenvalue weighted by atomic mass is 10.1. The van der Waals surface area contributed by atoms with Crippen molar-refractivity contribution in [1.29, 1.82) is 0 Å². The van der Waals surface area contributed by atoms with Crippen molar-refractivity contribution in [2.24, 2.45) is 0 Å². The molecule has 2 N–H and O–H groups in total. The number of Topliss-reactive ketones (excluding diaryl/α,β-unsaturated/α-hetero) is 2. The third-order valence-corrected chi connectivity index (χ3v) is 6.71. The molecule has 0 fully saturated rings. The monoisotopic (exact) mass is 454 g/mol. The summed E-state index contributed by atoms with van der Waals surface area (Å²) in [4.78, 5) is 29.3. The molecule has 3 aromatic rings. The van der Waals surface area contributed by atoms with Crippen LogP contribution in [0.4, 0.5) is 0 Å². The molecule has 0 amide bonds. The zero-order chi connectivity index (χ0) is 23.4. The Labute approximate surface area is 193 Å². The zero-order valence-electron chi connectivity index (χ0n) is 19.7.